The number of hydrogen-bond acceptors (Lipinski definition) is 4. The molecule has 0 radical (unpaired) electrons. The average Bonchev–Trinajstić information content (AvgIpc) is 2.99. The molecule has 3 aromatic rings. The van der Waals surface area contributed by atoms with Crippen molar-refractivity contribution in [3.63, 3.8) is 0 Å². The Morgan fingerprint density at radius 2 is 1.66 bits per heavy atom. The Kier molecular flexibility index (Phi) is 7.36. The first-order valence-corrected chi connectivity index (χ1v) is 10.4. The van der Waals surface area contributed by atoms with Crippen LogP contribution in [0.2, 0.25) is 5.02 Å². The molecule has 0 aliphatic heterocycles. The largest absolute Gasteiger partial charge is 0.489 e. The third-order valence-corrected chi connectivity index (χ3v) is 5.48. The molecule has 0 amide bonds. The summed E-state index contributed by atoms with van der Waals surface area (Å²) in [5, 5.41) is 19.8. The van der Waals surface area contributed by atoms with Crippen molar-refractivity contribution in [2.45, 2.75) is 33.0 Å². The number of aromatic nitrogens is 2. The number of rotatable bonds is 10. The summed E-state index contributed by atoms with van der Waals surface area (Å²) in [7, 11) is 0. The lowest BCUT2D eigenvalue weighted by Gasteiger charge is -2.18. The molecule has 0 bridgehead atoms. The zero-order valence-corrected chi connectivity index (χ0v) is 17.8. The fourth-order valence-electron chi connectivity index (χ4n) is 3.50. The highest BCUT2D eigenvalue weighted by atomic mass is 35.5. The predicted octanol–water partition coefficient (Wildman–Crippen LogP) is 3.36. The number of likely N-dealkylation sites (N-methyl/N-ethyl adjacent to an activating group) is 1. The molecule has 0 fully saturated rings. The first kappa shape index (κ1) is 21.4. The van der Waals surface area contributed by atoms with E-state index in [1.807, 2.05) is 45.5 Å². The summed E-state index contributed by atoms with van der Waals surface area (Å²) >= 11 is 6.11. The summed E-state index contributed by atoms with van der Waals surface area (Å²) in [6.45, 7) is 8.28. The van der Waals surface area contributed by atoms with Crippen molar-refractivity contribution >= 4 is 22.6 Å². The van der Waals surface area contributed by atoms with Gasteiger partial charge in [0.15, 0.2) is 0 Å². The zero-order chi connectivity index (χ0) is 20.8. The van der Waals surface area contributed by atoms with Gasteiger partial charge in [-0.25, -0.2) is 0 Å². The Morgan fingerprint density at radius 1 is 1.03 bits per heavy atom. The first-order valence-electron chi connectivity index (χ1n) is 10.1. The van der Waals surface area contributed by atoms with Crippen molar-refractivity contribution in [2.75, 3.05) is 26.2 Å². The second-order valence-electron chi connectivity index (χ2n) is 7.00. The van der Waals surface area contributed by atoms with Gasteiger partial charge in [-0.1, -0.05) is 49.7 Å². The van der Waals surface area contributed by atoms with Crippen molar-refractivity contribution in [1.82, 2.24) is 14.0 Å². The molecule has 3 rings (SSSR count). The Morgan fingerprint density at radius 3 is 2.31 bits per heavy atom. The molecule has 1 heterocycles. The van der Waals surface area contributed by atoms with E-state index in [2.05, 4.69) is 18.7 Å². The van der Waals surface area contributed by atoms with Crippen LogP contribution in [0.25, 0.3) is 11.0 Å². The fourth-order valence-corrected chi connectivity index (χ4v) is 3.69. The van der Waals surface area contributed by atoms with Gasteiger partial charge in [-0.2, -0.15) is 0 Å². The van der Waals surface area contributed by atoms with Gasteiger partial charge in [0.1, 0.15) is 18.5 Å². The smallest absolute Gasteiger partial charge is 0.203 e. The molecule has 29 heavy (non-hydrogen) atoms. The average molecular weight is 417 g/mol. The normalized spacial score (nSPS) is 12.6. The van der Waals surface area contributed by atoms with Crippen molar-refractivity contribution in [3.8, 4) is 5.75 Å². The molecule has 0 saturated carbocycles. The van der Waals surface area contributed by atoms with Crippen LogP contribution in [0.5, 0.6) is 5.75 Å². The molecular formula is C22H29ClN4O2. The predicted molar refractivity (Wildman–Crippen MR) is 117 cm³/mol. The lowest BCUT2D eigenvalue weighted by Crippen LogP contribution is -2.34. The Balaban J connectivity index is 1.77. The number of aliphatic hydroxyl groups excluding tert-OH is 1. The fraction of sp³-hybridized carbons (Fsp3) is 0.409. The number of imidazole rings is 1. The van der Waals surface area contributed by atoms with Gasteiger partial charge in [0.25, 0.3) is 0 Å². The first-order chi connectivity index (χ1) is 14.0. The summed E-state index contributed by atoms with van der Waals surface area (Å²) in [4.78, 5) is 2.34. The van der Waals surface area contributed by atoms with E-state index in [-0.39, 0.29) is 13.2 Å². The van der Waals surface area contributed by atoms with Gasteiger partial charge in [0.2, 0.25) is 5.62 Å². The summed E-state index contributed by atoms with van der Waals surface area (Å²) < 4.78 is 9.52. The quantitative estimate of drug-likeness (QED) is 0.532. The van der Waals surface area contributed by atoms with Crippen LogP contribution in [-0.2, 0) is 13.1 Å². The highest BCUT2D eigenvalue weighted by Gasteiger charge is 2.15. The van der Waals surface area contributed by atoms with E-state index in [1.54, 1.807) is 12.1 Å². The lowest BCUT2D eigenvalue weighted by molar-refractivity contribution is 0.0921. The van der Waals surface area contributed by atoms with Gasteiger partial charge in [0.05, 0.1) is 22.6 Å². The highest BCUT2D eigenvalue weighted by molar-refractivity contribution is 6.32. The molecule has 7 heteroatoms. The highest BCUT2D eigenvalue weighted by Crippen LogP contribution is 2.23. The summed E-state index contributed by atoms with van der Waals surface area (Å²) in [5.74, 6) is 0.547. The van der Waals surface area contributed by atoms with E-state index in [9.17, 15) is 5.11 Å². The van der Waals surface area contributed by atoms with Gasteiger partial charge in [-0.05, 0) is 37.4 Å². The Labute approximate surface area is 176 Å². The van der Waals surface area contributed by atoms with Gasteiger partial charge >= 0.3 is 0 Å². The molecule has 2 aromatic carbocycles. The third-order valence-electron chi connectivity index (χ3n) is 5.17. The van der Waals surface area contributed by atoms with E-state index >= 15 is 0 Å². The standard InChI is InChI=1S/C22H29ClN4O2/c1-3-25(4-2)13-14-26-19-10-6-7-11-20(19)27(22(26)24)15-17(28)16-29-21-12-8-5-9-18(21)23/h5-12,17,24,28H,3-4,13-16H2,1-2H3. The summed E-state index contributed by atoms with van der Waals surface area (Å²) in [6.07, 6.45) is -0.762. The maximum Gasteiger partial charge on any atom is 0.203 e. The second-order valence-corrected chi connectivity index (χ2v) is 7.40. The number of nitrogens with one attached hydrogen (secondary N) is 1. The van der Waals surface area contributed by atoms with Crippen molar-refractivity contribution < 1.29 is 9.84 Å². The van der Waals surface area contributed by atoms with Gasteiger partial charge in [-0.3, -0.25) is 5.41 Å². The minimum atomic E-state index is -0.762. The van der Waals surface area contributed by atoms with Crippen LogP contribution in [0, 0.1) is 5.41 Å². The zero-order valence-electron chi connectivity index (χ0n) is 17.0. The number of halogens is 1. The molecule has 156 valence electrons. The number of ether oxygens (including phenoxy) is 1. The monoisotopic (exact) mass is 416 g/mol. The van der Waals surface area contributed by atoms with Gasteiger partial charge < -0.3 is 23.9 Å². The van der Waals surface area contributed by atoms with Crippen LogP contribution < -0.4 is 10.4 Å². The van der Waals surface area contributed by atoms with Crippen LogP contribution in [0.15, 0.2) is 48.5 Å². The molecule has 1 aromatic heterocycles. The molecule has 0 aliphatic rings. The summed E-state index contributed by atoms with van der Waals surface area (Å²) in [6, 6.07) is 15.2. The maximum absolute atomic E-state index is 10.6. The second kappa shape index (κ2) is 9.96. The van der Waals surface area contributed by atoms with E-state index in [1.165, 1.54) is 0 Å². The molecule has 0 aliphatic carbocycles. The molecule has 2 N–H and O–H groups in total. The van der Waals surface area contributed by atoms with Crippen LogP contribution in [0.3, 0.4) is 0 Å². The minimum Gasteiger partial charge on any atom is -0.489 e. The number of benzene rings is 2. The Hall–Kier alpha value is -2.28. The number of aliphatic hydroxyl groups is 1. The maximum atomic E-state index is 10.6. The van der Waals surface area contributed by atoms with Crippen LogP contribution in [0.1, 0.15) is 13.8 Å². The molecule has 6 nitrogen and oxygen atoms in total. The van der Waals surface area contributed by atoms with E-state index in [0.717, 1.165) is 37.2 Å². The molecule has 0 saturated heterocycles. The lowest BCUT2D eigenvalue weighted by atomic mass is 10.3. The van der Waals surface area contributed by atoms with Gasteiger partial charge in [-0.15, -0.1) is 0 Å². The van der Waals surface area contributed by atoms with Crippen LogP contribution in [0.4, 0.5) is 0 Å². The number of fused-ring (bicyclic) bond motifs is 1. The SMILES string of the molecule is CCN(CC)CCn1c(=N)n(CC(O)COc2ccccc2Cl)c2ccccc21. The topological polar surface area (TPSA) is 66.4 Å². The van der Waals surface area contributed by atoms with E-state index in [4.69, 9.17) is 21.7 Å². The molecule has 0 spiro atoms. The van der Waals surface area contributed by atoms with Crippen LogP contribution in [-0.4, -0.2) is 51.5 Å². The molecular weight excluding hydrogens is 388 g/mol. The van der Waals surface area contributed by atoms with Crippen molar-refractivity contribution in [2.24, 2.45) is 0 Å². The van der Waals surface area contributed by atoms with Crippen molar-refractivity contribution in [3.05, 3.63) is 59.2 Å². The minimum absolute atomic E-state index is 0.106. The van der Waals surface area contributed by atoms with Gasteiger partial charge in [0, 0.05) is 13.1 Å². The number of hydrogen-bond donors (Lipinski definition) is 2. The molecule has 1 unspecified atom stereocenters. The van der Waals surface area contributed by atoms with E-state index in [0.29, 0.717) is 16.4 Å². The Bertz CT molecular complexity index is 994. The summed E-state index contributed by atoms with van der Waals surface area (Å²) in [5.41, 5.74) is 2.33. The van der Waals surface area contributed by atoms with Crippen molar-refractivity contribution in [1.29, 1.82) is 5.41 Å². The molecule has 1 atom stereocenters. The van der Waals surface area contributed by atoms with E-state index < -0.39 is 6.10 Å². The van der Waals surface area contributed by atoms with Crippen LogP contribution >= 0.6 is 11.6 Å². The third kappa shape index (κ3) is 5.01. The number of nitrogens with zero attached hydrogens (tertiary/aromatic N) is 3. The number of para-hydroxylation sites is 3.